The Kier molecular flexibility index (Phi) is 5.74. The molecule has 0 aliphatic rings. The summed E-state index contributed by atoms with van der Waals surface area (Å²) in [5.74, 6) is 0.891. The van der Waals surface area contributed by atoms with Crippen LogP contribution in [-0.2, 0) is 0 Å². The van der Waals surface area contributed by atoms with Crippen molar-refractivity contribution in [3.8, 4) is 22.6 Å². The molecule has 12 rings (SSSR count). The molecule has 4 heteroatoms. The Morgan fingerprint density at radius 3 is 2.00 bits per heavy atom. The highest BCUT2D eigenvalue weighted by atomic mass is 16.3. The van der Waals surface area contributed by atoms with Crippen LogP contribution in [0.3, 0.4) is 0 Å². The maximum absolute atomic E-state index is 6.87. The molecule has 4 heterocycles. The minimum absolute atomic E-state index is 0.891. The lowest BCUT2D eigenvalue weighted by Crippen LogP contribution is -2.00. The maximum Gasteiger partial charge on any atom is 0.145 e. The van der Waals surface area contributed by atoms with E-state index in [0.717, 1.165) is 82.7 Å². The van der Waals surface area contributed by atoms with Crippen LogP contribution in [0.15, 0.2) is 180 Å². The van der Waals surface area contributed by atoms with Crippen LogP contribution in [0.1, 0.15) is 0 Å². The number of fused-ring (bicyclic) bond motifs is 13. The van der Waals surface area contributed by atoms with Crippen molar-refractivity contribution in [2.24, 2.45) is 0 Å². The topological polar surface area (TPSA) is 35.9 Å². The summed E-state index contributed by atoms with van der Waals surface area (Å²) in [6.45, 7) is 0. The smallest absolute Gasteiger partial charge is 0.145 e. The van der Waals surface area contributed by atoms with Gasteiger partial charge in [-0.2, -0.15) is 0 Å². The lowest BCUT2D eigenvalue weighted by Gasteiger charge is -2.13. The third-order valence-electron chi connectivity index (χ3n) is 11.1. The van der Waals surface area contributed by atoms with Gasteiger partial charge < -0.3 is 8.98 Å². The van der Waals surface area contributed by atoms with Crippen molar-refractivity contribution in [1.29, 1.82) is 0 Å². The summed E-state index contributed by atoms with van der Waals surface area (Å²) in [4.78, 5) is 5.34. The molecule has 0 unspecified atom stereocenters. The Hall–Kier alpha value is -7.17. The van der Waals surface area contributed by atoms with Gasteiger partial charge in [-0.3, -0.25) is 4.57 Å². The third-order valence-corrected chi connectivity index (χ3v) is 11.1. The molecule has 0 bridgehead atoms. The Morgan fingerprint density at radius 2 is 1.13 bits per heavy atom. The van der Waals surface area contributed by atoms with Crippen LogP contribution < -0.4 is 0 Å². The van der Waals surface area contributed by atoms with E-state index in [9.17, 15) is 0 Å². The van der Waals surface area contributed by atoms with E-state index in [2.05, 4.69) is 185 Å². The van der Waals surface area contributed by atoms with Crippen molar-refractivity contribution >= 4 is 87.2 Å². The minimum atomic E-state index is 0.891. The van der Waals surface area contributed by atoms with Crippen LogP contribution in [0.25, 0.3) is 110 Å². The fourth-order valence-electron chi connectivity index (χ4n) is 8.80. The zero-order chi connectivity index (χ0) is 34.6. The van der Waals surface area contributed by atoms with E-state index in [1.54, 1.807) is 0 Å². The monoisotopic (exact) mass is 675 g/mol. The van der Waals surface area contributed by atoms with Gasteiger partial charge in [0, 0.05) is 38.0 Å². The van der Waals surface area contributed by atoms with Gasteiger partial charge in [0.05, 0.1) is 33.0 Å². The molecule has 12 aromatic rings. The molecular formula is C49H29N3O. The first-order valence-electron chi connectivity index (χ1n) is 18.1. The van der Waals surface area contributed by atoms with Gasteiger partial charge in [-0.25, -0.2) is 4.98 Å². The Morgan fingerprint density at radius 1 is 0.415 bits per heavy atom. The number of nitrogens with zero attached hydrogens (tertiary/aromatic N) is 3. The van der Waals surface area contributed by atoms with Crippen LogP contribution >= 0.6 is 0 Å². The number of aromatic nitrogens is 3. The first-order valence-corrected chi connectivity index (χ1v) is 18.1. The van der Waals surface area contributed by atoms with Crippen molar-refractivity contribution in [1.82, 2.24) is 14.1 Å². The normalized spacial score (nSPS) is 12.2. The zero-order valence-electron chi connectivity index (χ0n) is 28.5. The summed E-state index contributed by atoms with van der Waals surface area (Å²) >= 11 is 0. The van der Waals surface area contributed by atoms with Crippen molar-refractivity contribution in [2.75, 3.05) is 0 Å². The van der Waals surface area contributed by atoms with Crippen LogP contribution in [-0.4, -0.2) is 14.1 Å². The standard InChI is InChI=1S/C49H29N3O/c1-3-13-30(14-4-1)37-28-46(50-40-21-11-9-19-34(37)40)52-41-22-12-10-20-35(41)38-27-39-44(29-43(38)52)51(32-16-5-2-6-17-32)42-25-24-36-47-33-18-8-7-15-31(33)23-26-45(47)53-49(36)48(39)42/h1-29H. The number of hydrogen-bond acceptors (Lipinski definition) is 2. The fraction of sp³-hybridized carbons (Fsp3) is 0. The maximum atomic E-state index is 6.87. The summed E-state index contributed by atoms with van der Waals surface area (Å²) in [5.41, 5.74) is 10.7. The molecule has 246 valence electrons. The molecule has 53 heavy (non-hydrogen) atoms. The summed E-state index contributed by atoms with van der Waals surface area (Å²) in [6.07, 6.45) is 0. The van der Waals surface area contributed by atoms with Crippen LogP contribution in [0.4, 0.5) is 0 Å². The number of benzene rings is 8. The first kappa shape index (κ1) is 28.5. The number of rotatable bonds is 3. The van der Waals surface area contributed by atoms with E-state index in [1.807, 2.05) is 0 Å². The van der Waals surface area contributed by atoms with Crippen molar-refractivity contribution in [3.63, 3.8) is 0 Å². The van der Waals surface area contributed by atoms with E-state index in [4.69, 9.17) is 9.40 Å². The molecule has 0 atom stereocenters. The molecule has 4 aromatic heterocycles. The predicted molar refractivity (Wildman–Crippen MR) is 221 cm³/mol. The van der Waals surface area contributed by atoms with E-state index < -0.39 is 0 Å². The van der Waals surface area contributed by atoms with Gasteiger partial charge in [0.2, 0.25) is 0 Å². The van der Waals surface area contributed by atoms with Crippen LogP contribution in [0, 0.1) is 0 Å². The van der Waals surface area contributed by atoms with E-state index in [1.165, 1.54) is 27.1 Å². The average molecular weight is 676 g/mol. The Labute approximate surface area is 303 Å². The number of hydrogen-bond donors (Lipinski definition) is 0. The largest absolute Gasteiger partial charge is 0.455 e. The van der Waals surface area contributed by atoms with Crippen LogP contribution in [0.2, 0.25) is 0 Å². The second-order valence-corrected chi connectivity index (χ2v) is 13.9. The fourth-order valence-corrected chi connectivity index (χ4v) is 8.80. The van der Waals surface area contributed by atoms with Crippen LogP contribution in [0.5, 0.6) is 0 Å². The second kappa shape index (κ2) is 10.7. The van der Waals surface area contributed by atoms with Gasteiger partial charge in [-0.1, -0.05) is 115 Å². The summed E-state index contributed by atoms with van der Waals surface area (Å²) < 4.78 is 11.6. The summed E-state index contributed by atoms with van der Waals surface area (Å²) in [5, 5.41) is 10.5. The first-order chi connectivity index (χ1) is 26.3. The quantitative estimate of drug-likeness (QED) is 0.187. The van der Waals surface area contributed by atoms with Crippen molar-refractivity contribution in [2.45, 2.75) is 0 Å². The molecule has 0 saturated heterocycles. The zero-order valence-corrected chi connectivity index (χ0v) is 28.5. The molecule has 0 saturated carbocycles. The van der Waals surface area contributed by atoms with E-state index in [-0.39, 0.29) is 0 Å². The highest BCUT2D eigenvalue weighted by Crippen LogP contribution is 2.45. The molecule has 0 radical (unpaired) electrons. The van der Waals surface area contributed by atoms with Gasteiger partial charge in [0.15, 0.2) is 0 Å². The molecule has 0 fully saturated rings. The van der Waals surface area contributed by atoms with Gasteiger partial charge in [0.1, 0.15) is 17.0 Å². The predicted octanol–water partition coefficient (Wildman–Crippen LogP) is 13.1. The summed E-state index contributed by atoms with van der Waals surface area (Å²) in [6, 6.07) is 62.8. The summed E-state index contributed by atoms with van der Waals surface area (Å²) in [7, 11) is 0. The van der Waals surface area contributed by atoms with Gasteiger partial charge >= 0.3 is 0 Å². The Bertz CT molecular complexity index is 3440. The lowest BCUT2D eigenvalue weighted by molar-refractivity contribution is 0.673. The number of furan rings is 1. The highest BCUT2D eigenvalue weighted by Gasteiger charge is 2.23. The van der Waals surface area contributed by atoms with E-state index >= 15 is 0 Å². The highest BCUT2D eigenvalue weighted by molar-refractivity contribution is 6.29. The lowest BCUT2D eigenvalue weighted by atomic mass is 10.0. The molecule has 4 nitrogen and oxygen atoms in total. The molecule has 8 aromatic carbocycles. The van der Waals surface area contributed by atoms with Crippen molar-refractivity contribution < 1.29 is 4.42 Å². The molecule has 0 N–H and O–H groups in total. The van der Waals surface area contributed by atoms with Gasteiger partial charge in [-0.05, 0) is 82.6 Å². The average Bonchev–Trinajstić information content (AvgIpc) is 3.87. The van der Waals surface area contributed by atoms with Gasteiger partial charge in [-0.15, -0.1) is 0 Å². The third kappa shape index (κ3) is 3.98. The minimum Gasteiger partial charge on any atom is -0.455 e. The molecule has 0 aliphatic heterocycles. The molecular weight excluding hydrogens is 647 g/mol. The van der Waals surface area contributed by atoms with Gasteiger partial charge in [0.25, 0.3) is 0 Å². The second-order valence-electron chi connectivity index (χ2n) is 13.9. The SMILES string of the molecule is c1ccc(-c2cc(-n3c4ccccc4c4cc5c6c7oc8ccc9ccccc9c8c7ccc6n(-c6ccccc6)c5cc43)nc3ccccc23)cc1. The molecule has 0 spiro atoms. The Balaban J connectivity index is 1.24. The van der Waals surface area contributed by atoms with E-state index in [0.29, 0.717) is 0 Å². The van der Waals surface area contributed by atoms with Crippen molar-refractivity contribution in [3.05, 3.63) is 176 Å². The molecule has 0 amide bonds. The number of pyridine rings is 1. The number of para-hydroxylation sites is 3. The molecule has 0 aliphatic carbocycles.